The number of carbonyl (C=O) groups excluding carboxylic acids is 4. The highest BCUT2D eigenvalue weighted by atomic mass is 16.5. The molecule has 0 aliphatic carbocycles. The van der Waals surface area contributed by atoms with Crippen LogP contribution in [-0.2, 0) is 20.9 Å². The van der Waals surface area contributed by atoms with Crippen LogP contribution in [0.5, 0.6) is 5.75 Å². The molecule has 0 N–H and O–H groups in total. The Balaban J connectivity index is 1.47. The van der Waals surface area contributed by atoms with Crippen molar-refractivity contribution in [1.82, 2.24) is 9.91 Å². The molecule has 3 aliphatic heterocycles. The minimum absolute atomic E-state index is 0.170. The summed E-state index contributed by atoms with van der Waals surface area (Å²) in [5.74, 6) is -2.60. The zero-order chi connectivity index (χ0) is 23.1. The van der Waals surface area contributed by atoms with E-state index in [2.05, 4.69) is 5.10 Å². The molecule has 8 nitrogen and oxygen atoms in total. The zero-order valence-electron chi connectivity index (χ0n) is 17.8. The zero-order valence-corrected chi connectivity index (χ0v) is 17.8. The Morgan fingerprint density at radius 2 is 1.67 bits per heavy atom. The number of allylic oxidation sites excluding steroid dienone is 1. The summed E-state index contributed by atoms with van der Waals surface area (Å²) in [6, 6.07) is 14.1. The van der Waals surface area contributed by atoms with Crippen molar-refractivity contribution < 1.29 is 23.9 Å². The van der Waals surface area contributed by atoms with Gasteiger partial charge in [0, 0.05) is 18.7 Å². The Labute approximate surface area is 190 Å². The molecule has 166 valence electrons. The lowest BCUT2D eigenvalue weighted by Crippen LogP contribution is -2.45. The molecule has 3 heterocycles. The molecule has 2 fully saturated rings. The highest BCUT2D eigenvalue weighted by Crippen LogP contribution is 2.45. The first kappa shape index (κ1) is 20.8. The van der Waals surface area contributed by atoms with Crippen LogP contribution in [0.4, 0.5) is 0 Å². The SMILES string of the molecule is CC(=O)Oc1ccc(C(=O)[C@@H]2[C@@H]3C(=O)N(Cc4ccccc4)C(=O)[C@@H]3[C@H]3C=CC=NN32)cc1. The fourth-order valence-corrected chi connectivity index (χ4v) is 4.84. The summed E-state index contributed by atoms with van der Waals surface area (Å²) >= 11 is 0. The number of hydrogen-bond donors (Lipinski definition) is 0. The number of hydrazone groups is 1. The minimum atomic E-state index is -0.905. The second-order valence-corrected chi connectivity index (χ2v) is 8.25. The standard InChI is InChI=1S/C25H21N3O5/c1-15(29)33-18-11-9-17(10-12-18)23(30)22-21-20(19-8-5-13-26-28(19)22)24(31)27(25(21)32)14-16-6-3-2-4-7-16/h2-13,19-22H,14H2,1H3/t19-,20-,21-,22+/m1/s1. The lowest BCUT2D eigenvalue weighted by atomic mass is 9.86. The summed E-state index contributed by atoms with van der Waals surface area (Å²) in [5.41, 5.74) is 1.19. The molecule has 0 bridgehead atoms. The average Bonchev–Trinajstić information content (AvgIpc) is 3.28. The van der Waals surface area contributed by atoms with Crippen molar-refractivity contribution in [2.75, 3.05) is 0 Å². The van der Waals surface area contributed by atoms with Gasteiger partial charge in [0.1, 0.15) is 11.8 Å². The van der Waals surface area contributed by atoms with Gasteiger partial charge >= 0.3 is 5.97 Å². The number of hydrogen-bond acceptors (Lipinski definition) is 7. The van der Waals surface area contributed by atoms with Crippen LogP contribution in [-0.4, -0.2) is 51.8 Å². The minimum Gasteiger partial charge on any atom is -0.427 e. The smallest absolute Gasteiger partial charge is 0.308 e. The van der Waals surface area contributed by atoms with Crippen molar-refractivity contribution in [3.63, 3.8) is 0 Å². The molecule has 2 saturated heterocycles. The molecule has 0 unspecified atom stereocenters. The quantitative estimate of drug-likeness (QED) is 0.304. The molecule has 4 atom stereocenters. The number of Topliss-reactive ketones (excluding diaryl/α,β-unsaturated/α-hetero) is 1. The van der Waals surface area contributed by atoms with Gasteiger partial charge in [0.15, 0.2) is 5.78 Å². The topological polar surface area (TPSA) is 96.3 Å². The summed E-state index contributed by atoms with van der Waals surface area (Å²) in [4.78, 5) is 52.8. The molecule has 5 rings (SSSR count). The number of benzene rings is 2. The van der Waals surface area contributed by atoms with E-state index in [4.69, 9.17) is 4.74 Å². The van der Waals surface area contributed by atoms with Gasteiger partial charge < -0.3 is 4.74 Å². The number of fused-ring (bicyclic) bond motifs is 3. The van der Waals surface area contributed by atoms with E-state index in [1.165, 1.54) is 24.0 Å². The molecular weight excluding hydrogens is 422 g/mol. The van der Waals surface area contributed by atoms with E-state index in [0.717, 1.165) is 5.56 Å². The van der Waals surface area contributed by atoms with Crippen LogP contribution in [0, 0.1) is 11.8 Å². The first-order valence-corrected chi connectivity index (χ1v) is 10.7. The van der Waals surface area contributed by atoms with Gasteiger partial charge in [0.25, 0.3) is 0 Å². The number of esters is 1. The van der Waals surface area contributed by atoms with E-state index in [1.54, 1.807) is 29.4 Å². The normalized spacial score (nSPS) is 25.2. The predicted molar refractivity (Wildman–Crippen MR) is 118 cm³/mol. The van der Waals surface area contributed by atoms with Crippen LogP contribution >= 0.6 is 0 Å². The number of ether oxygens (including phenoxy) is 1. The van der Waals surface area contributed by atoms with Gasteiger partial charge in [0.2, 0.25) is 11.8 Å². The number of imide groups is 1. The predicted octanol–water partition coefficient (Wildman–Crippen LogP) is 2.20. The summed E-state index contributed by atoms with van der Waals surface area (Å²) in [7, 11) is 0. The fourth-order valence-electron chi connectivity index (χ4n) is 4.84. The monoisotopic (exact) mass is 443 g/mol. The fraction of sp³-hybridized carbons (Fsp3) is 0.240. The van der Waals surface area contributed by atoms with Gasteiger partial charge in [-0.05, 0) is 35.9 Å². The maximum atomic E-state index is 13.6. The molecule has 0 radical (unpaired) electrons. The van der Waals surface area contributed by atoms with Crippen LogP contribution in [0.2, 0.25) is 0 Å². The van der Waals surface area contributed by atoms with Crippen molar-refractivity contribution in [2.24, 2.45) is 16.9 Å². The van der Waals surface area contributed by atoms with E-state index < -0.39 is 29.9 Å². The van der Waals surface area contributed by atoms with Crippen molar-refractivity contribution in [2.45, 2.75) is 25.6 Å². The Kier molecular flexibility index (Phi) is 5.12. The largest absolute Gasteiger partial charge is 0.427 e. The van der Waals surface area contributed by atoms with E-state index in [-0.39, 0.29) is 24.1 Å². The Hall–Kier alpha value is -4.07. The Morgan fingerprint density at radius 1 is 0.970 bits per heavy atom. The van der Waals surface area contributed by atoms with Gasteiger partial charge in [-0.2, -0.15) is 5.10 Å². The van der Waals surface area contributed by atoms with Crippen molar-refractivity contribution in [1.29, 1.82) is 0 Å². The summed E-state index contributed by atoms with van der Waals surface area (Å²) in [6.07, 6.45) is 5.11. The first-order valence-electron chi connectivity index (χ1n) is 10.7. The highest BCUT2D eigenvalue weighted by Gasteiger charge is 2.63. The number of likely N-dealkylation sites (tertiary alicyclic amines) is 1. The maximum absolute atomic E-state index is 13.6. The molecule has 2 amide bonds. The van der Waals surface area contributed by atoms with Crippen molar-refractivity contribution in [3.8, 4) is 5.75 Å². The van der Waals surface area contributed by atoms with Crippen LogP contribution in [0.1, 0.15) is 22.8 Å². The second kappa shape index (κ2) is 8.12. The third kappa shape index (κ3) is 3.53. The lowest BCUT2D eigenvalue weighted by molar-refractivity contribution is -0.142. The van der Waals surface area contributed by atoms with Gasteiger partial charge in [-0.15, -0.1) is 0 Å². The third-order valence-electron chi connectivity index (χ3n) is 6.23. The van der Waals surface area contributed by atoms with Crippen molar-refractivity contribution in [3.05, 3.63) is 77.9 Å². The van der Waals surface area contributed by atoms with Gasteiger partial charge in [-0.3, -0.25) is 29.1 Å². The van der Waals surface area contributed by atoms with Crippen LogP contribution in [0.3, 0.4) is 0 Å². The number of ketones is 1. The molecular formula is C25H21N3O5. The molecule has 0 aromatic heterocycles. The molecule has 8 heteroatoms. The Bertz CT molecular complexity index is 1190. The second-order valence-electron chi connectivity index (χ2n) is 8.25. The molecule has 33 heavy (non-hydrogen) atoms. The lowest BCUT2D eigenvalue weighted by Gasteiger charge is -2.30. The average molecular weight is 443 g/mol. The number of carbonyl (C=O) groups is 4. The molecule has 3 aliphatic rings. The number of nitrogens with zero attached hydrogens (tertiary/aromatic N) is 3. The molecule has 0 saturated carbocycles. The van der Waals surface area contributed by atoms with Crippen LogP contribution < -0.4 is 4.74 Å². The Morgan fingerprint density at radius 3 is 2.36 bits per heavy atom. The van der Waals surface area contributed by atoms with E-state index in [0.29, 0.717) is 11.3 Å². The van der Waals surface area contributed by atoms with Gasteiger partial charge in [-0.1, -0.05) is 36.4 Å². The van der Waals surface area contributed by atoms with Crippen LogP contribution in [0.15, 0.2) is 71.9 Å². The number of amides is 2. The first-order chi connectivity index (χ1) is 16.0. The van der Waals surface area contributed by atoms with Crippen molar-refractivity contribution >= 4 is 29.8 Å². The number of rotatable bonds is 5. The van der Waals surface area contributed by atoms with Gasteiger partial charge in [0.05, 0.1) is 24.4 Å². The third-order valence-corrected chi connectivity index (χ3v) is 6.23. The maximum Gasteiger partial charge on any atom is 0.308 e. The van der Waals surface area contributed by atoms with Gasteiger partial charge in [-0.25, -0.2) is 0 Å². The van der Waals surface area contributed by atoms with Crippen LogP contribution in [0.25, 0.3) is 0 Å². The van der Waals surface area contributed by atoms with E-state index >= 15 is 0 Å². The highest BCUT2D eigenvalue weighted by molar-refractivity contribution is 6.12. The molecule has 2 aromatic rings. The summed E-state index contributed by atoms with van der Waals surface area (Å²) in [6.45, 7) is 1.47. The van der Waals surface area contributed by atoms with E-state index in [9.17, 15) is 19.2 Å². The molecule has 0 spiro atoms. The van der Waals surface area contributed by atoms with E-state index in [1.807, 2.05) is 36.4 Å². The summed E-state index contributed by atoms with van der Waals surface area (Å²) in [5, 5.41) is 5.92. The summed E-state index contributed by atoms with van der Waals surface area (Å²) < 4.78 is 5.03. The molecule has 2 aromatic carbocycles.